The molecule has 22 heavy (non-hydrogen) atoms. The molecule has 1 aromatic heterocycles. The molecular weight excluding hydrogens is 300 g/mol. The van der Waals surface area contributed by atoms with E-state index in [1.54, 1.807) is 6.20 Å². The maximum absolute atomic E-state index is 12.5. The van der Waals surface area contributed by atoms with Gasteiger partial charge in [0.2, 0.25) is 5.91 Å². The van der Waals surface area contributed by atoms with E-state index in [9.17, 15) is 4.79 Å². The third-order valence-corrected chi connectivity index (χ3v) is 5.35. The summed E-state index contributed by atoms with van der Waals surface area (Å²) < 4.78 is 1.92. The quantitative estimate of drug-likeness (QED) is 0.856. The Hall–Kier alpha value is -1.07. The number of hydrogen-bond donors (Lipinski definition) is 0. The van der Waals surface area contributed by atoms with Crippen molar-refractivity contribution in [3.63, 3.8) is 0 Å². The van der Waals surface area contributed by atoms with E-state index in [1.165, 1.54) is 19.3 Å². The number of amides is 1. The normalized spacial score (nSPS) is 21.3. The maximum atomic E-state index is 12.5. The van der Waals surface area contributed by atoms with Crippen LogP contribution in [0.4, 0.5) is 0 Å². The first kappa shape index (κ1) is 15.8. The van der Waals surface area contributed by atoms with Crippen LogP contribution >= 0.6 is 11.6 Å². The monoisotopic (exact) mass is 324 g/mol. The smallest absolute Gasteiger partial charge is 0.225 e. The molecule has 0 bridgehead atoms. The summed E-state index contributed by atoms with van der Waals surface area (Å²) in [7, 11) is 1.94. The van der Waals surface area contributed by atoms with Gasteiger partial charge in [0.25, 0.3) is 0 Å². The Morgan fingerprint density at radius 3 is 2.50 bits per heavy atom. The Morgan fingerprint density at radius 2 is 1.91 bits per heavy atom. The third kappa shape index (κ3) is 3.46. The second kappa shape index (κ2) is 7.01. The van der Waals surface area contributed by atoms with Crippen molar-refractivity contribution in [3.8, 4) is 0 Å². The van der Waals surface area contributed by atoms with Crippen LogP contribution in [0.3, 0.4) is 0 Å². The molecule has 122 valence electrons. The summed E-state index contributed by atoms with van der Waals surface area (Å²) in [5, 5.41) is 0.671. The standard InChI is InChI=1S/C16H25ClN4O/c1-19-14(17)11-18-15(19)12-20-9-5-13(6-10-20)16(22)21-7-3-2-4-8-21/h11,13H,2-10,12H2,1H3. The molecular formula is C16H25ClN4O. The van der Waals surface area contributed by atoms with Crippen LogP contribution in [-0.2, 0) is 18.4 Å². The summed E-state index contributed by atoms with van der Waals surface area (Å²) in [6.07, 6.45) is 7.24. The predicted octanol–water partition coefficient (Wildman–Crippen LogP) is 2.30. The van der Waals surface area contributed by atoms with Crippen LogP contribution in [0.25, 0.3) is 0 Å². The van der Waals surface area contributed by atoms with E-state index in [2.05, 4.69) is 14.8 Å². The van der Waals surface area contributed by atoms with E-state index in [0.29, 0.717) is 11.1 Å². The van der Waals surface area contributed by atoms with Gasteiger partial charge in [0, 0.05) is 26.1 Å². The molecule has 0 atom stereocenters. The number of rotatable bonds is 3. The highest BCUT2D eigenvalue weighted by molar-refractivity contribution is 6.29. The fraction of sp³-hybridized carbons (Fsp3) is 0.750. The van der Waals surface area contributed by atoms with Gasteiger partial charge in [0.05, 0.1) is 12.7 Å². The molecule has 2 saturated heterocycles. The predicted molar refractivity (Wildman–Crippen MR) is 86.7 cm³/mol. The minimum atomic E-state index is 0.222. The lowest BCUT2D eigenvalue weighted by molar-refractivity contribution is -0.138. The summed E-state index contributed by atoms with van der Waals surface area (Å²) in [5.74, 6) is 1.60. The van der Waals surface area contributed by atoms with Gasteiger partial charge in [0.15, 0.2) is 0 Å². The van der Waals surface area contributed by atoms with Crippen molar-refractivity contribution in [3.05, 3.63) is 17.2 Å². The van der Waals surface area contributed by atoms with Crippen LogP contribution in [0, 0.1) is 5.92 Å². The number of nitrogens with zero attached hydrogens (tertiary/aromatic N) is 4. The van der Waals surface area contributed by atoms with Gasteiger partial charge in [-0.05, 0) is 45.2 Å². The third-order valence-electron chi connectivity index (χ3n) is 5.00. The summed E-state index contributed by atoms with van der Waals surface area (Å²) in [6, 6.07) is 0. The molecule has 1 amide bonds. The Kier molecular flexibility index (Phi) is 5.03. The van der Waals surface area contributed by atoms with Crippen LogP contribution < -0.4 is 0 Å². The second-order valence-corrected chi connectivity index (χ2v) is 6.88. The highest BCUT2D eigenvalue weighted by Gasteiger charge is 2.29. The molecule has 0 spiro atoms. The fourth-order valence-corrected chi connectivity index (χ4v) is 3.63. The molecule has 0 saturated carbocycles. The zero-order chi connectivity index (χ0) is 15.5. The van der Waals surface area contributed by atoms with E-state index in [-0.39, 0.29) is 5.92 Å². The molecule has 0 aliphatic carbocycles. The van der Waals surface area contributed by atoms with Crippen molar-refractivity contribution in [2.24, 2.45) is 13.0 Å². The van der Waals surface area contributed by atoms with Crippen molar-refractivity contribution in [1.82, 2.24) is 19.4 Å². The molecule has 6 heteroatoms. The lowest BCUT2D eigenvalue weighted by Crippen LogP contribution is -2.44. The first-order valence-corrected chi connectivity index (χ1v) is 8.70. The Bertz CT molecular complexity index is 516. The summed E-state index contributed by atoms with van der Waals surface area (Å²) in [5.41, 5.74) is 0. The molecule has 2 aliphatic heterocycles. The van der Waals surface area contributed by atoms with Crippen molar-refractivity contribution in [1.29, 1.82) is 0 Å². The van der Waals surface area contributed by atoms with Crippen LogP contribution in [0.2, 0.25) is 5.15 Å². The van der Waals surface area contributed by atoms with E-state index >= 15 is 0 Å². The molecule has 0 unspecified atom stereocenters. The summed E-state index contributed by atoms with van der Waals surface area (Å²) in [4.78, 5) is 21.4. The Morgan fingerprint density at radius 1 is 1.23 bits per heavy atom. The van der Waals surface area contributed by atoms with Gasteiger partial charge < -0.3 is 9.47 Å². The molecule has 2 aliphatic rings. The van der Waals surface area contributed by atoms with Gasteiger partial charge in [-0.15, -0.1) is 0 Å². The van der Waals surface area contributed by atoms with Gasteiger partial charge in [-0.3, -0.25) is 9.69 Å². The SMILES string of the molecule is Cn1c(Cl)cnc1CN1CCC(C(=O)N2CCCCC2)CC1. The van der Waals surface area contributed by atoms with Crippen molar-refractivity contribution < 1.29 is 4.79 Å². The zero-order valence-corrected chi connectivity index (χ0v) is 14.1. The van der Waals surface area contributed by atoms with E-state index < -0.39 is 0 Å². The first-order valence-electron chi connectivity index (χ1n) is 8.32. The number of carbonyl (C=O) groups is 1. The zero-order valence-electron chi connectivity index (χ0n) is 13.3. The highest BCUT2D eigenvalue weighted by atomic mass is 35.5. The minimum Gasteiger partial charge on any atom is -0.342 e. The minimum absolute atomic E-state index is 0.222. The maximum Gasteiger partial charge on any atom is 0.225 e. The van der Waals surface area contributed by atoms with Gasteiger partial charge in [-0.1, -0.05) is 11.6 Å². The van der Waals surface area contributed by atoms with E-state index in [4.69, 9.17) is 11.6 Å². The van der Waals surface area contributed by atoms with Crippen molar-refractivity contribution in [2.45, 2.75) is 38.6 Å². The largest absolute Gasteiger partial charge is 0.342 e. The van der Waals surface area contributed by atoms with Crippen molar-refractivity contribution >= 4 is 17.5 Å². The summed E-state index contributed by atoms with van der Waals surface area (Å²) in [6.45, 7) is 4.67. The number of piperidine rings is 2. The van der Waals surface area contributed by atoms with Crippen LogP contribution in [0.15, 0.2) is 6.20 Å². The van der Waals surface area contributed by atoms with Gasteiger partial charge in [0.1, 0.15) is 11.0 Å². The van der Waals surface area contributed by atoms with Crippen molar-refractivity contribution in [2.75, 3.05) is 26.2 Å². The molecule has 3 heterocycles. The first-order chi connectivity index (χ1) is 10.6. The highest BCUT2D eigenvalue weighted by Crippen LogP contribution is 2.23. The topological polar surface area (TPSA) is 41.4 Å². The van der Waals surface area contributed by atoms with Gasteiger partial charge in [-0.25, -0.2) is 4.98 Å². The molecule has 0 aromatic carbocycles. The van der Waals surface area contributed by atoms with Gasteiger partial charge in [-0.2, -0.15) is 0 Å². The number of hydrogen-bond acceptors (Lipinski definition) is 3. The molecule has 2 fully saturated rings. The molecule has 5 nitrogen and oxygen atoms in total. The number of aromatic nitrogens is 2. The number of likely N-dealkylation sites (tertiary alicyclic amines) is 2. The lowest BCUT2D eigenvalue weighted by Gasteiger charge is -2.35. The number of imidazole rings is 1. The molecule has 3 rings (SSSR count). The van der Waals surface area contributed by atoms with E-state index in [1.807, 2.05) is 11.6 Å². The van der Waals surface area contributed by atoms with Crippen LogP contribution in [0.5, 0.6) is 0 Å². The van der Waals surface area contributed by atoms with Crippen LogP contribution in [0.1, 0.15) is 37.9 Å². The average Bonchev–Trinajstić information content (AvgIpc) is 2.88. The molecule has 0 radical (unpaired) electrons. The second-order valence-electron chi connectivity index (χ2n) is 6.49. The van der Waals surface area contributed by atoms with Crippen LogP contribution in [-0.4, -0.2) is 51.4 Å². The molecule has 1 aromatic rings. The Balaban J connectivity index is 1.49. The van der Waals surface area contributed by atoms with Gasteiger partial charge >= 0.3 is 0 Å². The molecule has 0 N–H and O–H groups in total. The van der Waals surface area contributed by atoms with E-state index in [0.717, 1.165) is 51.4 Å². The fourth-order valence-electron chi connectivity index (χ4n) is 3.48. The lowest BCUT2D eigenvalue weighted by atomic mass is 9.94. The average molecular weight is 325 g/mol. The summed E-state index contributed by atoms with van der Waals surface area (Å²) >= 11 is 6.03. The number of carbonyl (C=O) groups excluding carboxylic acids is 1. The Labute approximate surface area is 137 Å². The number of halogens is 1.